The van der Waals surface area contributed by atoms with Crippen LogP contribution in [0.2, 0.25) is 0 Å². The molecule has 1 aromatic rings. The number of aryl methyl sites for hydroxylation is 1. The molecule has 1 aliphatic rings. The van der Waals surface area contributed by atoms with Crippen molar-refractivity contribution in [3.63, 3.8) is 0 Å². The van der Waals surface area contributed by atoms with Crippen LogP contribution in [0.3, 0.4) is 0 Å². The van der Waals surface area contributed by atoms with Crippen LogP contribution in [0.1, 0.15) is 11.8 Å². The lowest BCUT2D eigenvalue weighted by atomic mass is 10.1. The van der Waals surface area contributed by atoms with Gasteiger partial charge in [-0.2, -0.15) is 4.98 Å². The molecule has 0 saturated carbocycles. The van der Waals surface area contributed by atoms with Gasteiger partial charge in [-0.1, -0.05) is 0 Å². The summed E-state index contributed by atoms with van der Waals surface area (Å²) < 4.78 is 17.6. The highest BCUT2D eigenvalue weighted by Gasteiger charge is 2.44. The maximum atomic E-state index is 11.9. The Bertz CT molecular complexity index is 533. The van der Waals surface area contributed by atoms with Gasteiger partial charge in [0.1, 0.15) is 18.0 Å². The van der Waals surface area contributed by atoms with Crippen LogP contribution in [-0.4, -0.2) is 48.6 Å². The lowest BCUT2D eigenvalue weighted by Crippen LogP contribution is -2.43. The molecule has 0 amide bonds. The fraction of sp³-hybridized carbons (Fsp3) is 0.667. The van der Waals surface area contributed by atoms with Gasteiger partial charge >= 0.3 is 5.69 Å². The molecule has 4 N–H and O–H groups in total. The van der Waals surface area contributed by atoms with Gasteiger partial charge in [0, 0.05) is 26.0 Å². The van der Waals surface area contributed by atoms with Crippen molar-refractivity contribution in [3.8, 4) is 0 Å². The lowest BCUT2D eigenvalue weighted by Gasteiger charge is -2.19. The molecule has 0 bridgehead atoms. The summed E-state index contributed by atoms with van der Waals surface area (Å²) >= 11 is 0. The van der Waals surface area contributed by atoms with Gasteiger partial charge in [-0.25, -0.2) is 4.79 Å². The van der Waals surface area contributed by atoms with Crippen molar-refractivity contribution >= 4 is 5.82 Å². The highest BCUT2D eigenvalue weighted by atomic mass is 16.6. The number of hydrogen-bond acceptors (Lipinski definition) is 7. The van der Waals surface area contributed by atoms with Crippen LogP contribution < -0.4 is 17.2 Å². The topological polar surface area (TPSA) is 115 Å². The molecule has 1 aliphatic heterocycles. The summed E-state index contributed by atoms with van der Waals surface area (Å²) in [4.78, 5) is 15.7. The Kier molecular flexibility index (Phi) is 4.39. The summed E-state index contributed by atoms with van der Waals surface area (Å²) in [6.45, 7) is 2.10. The molecule has 1 aromatic heterocycles. The summed E-state index contributed by atoms with van der Waals surface area (Å²) in [5.74, 6) is 0.203. The largest absolute Gasteiger partial charge is 0.383 e. The first-order valence-electron chi connectivity index (χ1n) is 6.27. The average molecular weight is 284 g/mol. The maximum Gasteiger partial charge on any atom is 0.351 e. The standard InChI is InChI=1S/C12H20N4O4/c1-6-4-16(12(17)15-10(6)14)11-8(13)9(19-3)7(20-11)5-18-2/h4,7-9,11H,5,13H2,1-3H3,(H2,14,15,17). The zero-order chi connectivity index (χ0) is 14.9. The quantitative estimate of drug-likeness (QED) is 0.730. The number of hydrogen-bond donors (Lipinski definition) is 2. The first-order valence-corrected chi connectivity index (χ1v) is 6.27. The van der Waals surface area contributed by atoms with E-state index < -0.39 is 18.0 Å². The second kappa shape index (κ2) is 5.88. The highest BCUT2D eigenvalue weighted by molar-refractivity contribution is 5.35. The highest BCUT2D eigenvalue weighted by Crippen LogP contribution is 2.29. The van der Waals surface area contributed by atoms with Crippen molar-refractivity contribution in [2.24, 2.45) is 5.73 Å². The number of anilines is 1. The van der Waals surface area contributed by atoms with Gasteiger partial charge in [-0.05, 0) is 6.92 Å². The molecule has 1 fully saturated rings. The molecular weight excluding hydrogens is 264 g/mol. The van der Waals surface area contributed by atoms with E-state index in [-0.39, 0.29) is 18.0 Å². The number of ether oxygens (including phenoxy) is 3. The molecule has 8 nitrogen and oxygen atoms in total. The molecule has 8 heteroatoms. The number of aromatic nitrogens is 2. The van der Waals surface area contributed by atoms with Crippen LogP contribution in [0.25, 0.3) is 0 Å². The van der Waals surface area contributed by atoms with E-state index >= 15 is 0 Å². The fourth-order valence-electron chi connectivity index (χ4n) is 2.38. The second-order valence-corrected chi connectivity index (χ2v) is 4.80. The van der Waals surface area contributed by atoms with Crippen molar-refractivity contribution in [1.29, 1.82) is 0 Å². The smallest absolute Gasteiger partial charge is 0.351 e. The number of nitrogen functional groups attached to an aromatic ring is 1. The van der Waals surface area contributed by atoms with Crippen molar-refractivity contribution in [2.45, 2.75) is 31.4 Å². The zero-order valence-corrected chi connectivity index (χ0v) is 11.8. The van der Waals surface area contributed by atoms with Crippen LogP contribution in [0.5, 0.6) is 0 Å². The van der Waals surface area contributed by atoms with Crippen LogP contribution in [-0.2, 0) is 14.2 Å². The third-order valence-electron chi connectivity index (χ3n) is 3.44. The van der Waals surface area contributed by atoms with Gasteiger partial charge < -0.3 is 25.7 Å². The maximum absolute atomic E-state index is 11.9. The Morgan fingerprint density at radius 2 is 2.20 bits per heavy atom. The molecular formula is C12H20N4O4. The summed E-state index contributed by atoms with van der Waals surface area (Å²) in [5.41, 5.74) is 11.9. The predicted molar refractivity (Wildman–Crippen MR) is 72.2 cm³/mol. The van der Waals surface area contributed by atoms with E-state index in [0.29, 0.717) is 12.2 Å². The minimum absolute atomic E-state index is 0.203. The van der Waals surface area contributed by atoms with E-state index in [1.165, 1.54) is 4.57 Å². The monoisotopic (exact) mass is 284 g/mol. The first kappa shape index (κ1) is 14.9. The zero-order valence-electron chi connectivity index (χ0n) is 11.8. The van der Waals surface area contributed by atoms with Crippen LogP contribution in [0, 0.1) is 6.92 Å². The van der Waals surface area contributed by atoms with Gasteiger partial charge in [0.15, 0.2) is 6.23 Å². The van der Waals surface area contributed by atoms with Crippen molar-refractivity contribution in [2.75, 3.05) is 26.6 Å². The van der Waals surface area contributed by atoms with E-state index in [1.807, 2.05) is 0 Å². The predicted octanol–water partition coefficient (Wildman–Crippen LogP) is -0.980. The molecule has 2 rings (SSSR count). The first-order chi connectivity index (χ1) is 9.49. The summed E-state index contributed by atoms with van der Waals surface area (Å²) in [6.07, 6.45) is 0.246. The van der Waals surface area contributed by atoms with Gasteiger partial charge in [0.25, 0.3) is 0 Å². The summed E-state index contributed by atoms with van der Waals surface area (Å²) in [7, 11) is 3.12. The van der Waals surface area contributed by atoms with Gasteiger partial charge in [0.05, 0.1) is 12.6 Å². The van der Waals surface area contributed by atoms with E-state index in [2.05, 4.69) is 4.98 Å². The van der Waals surface area contributed by atoms with E-state index in [0.717, 1.165) is 0 Å². The molecule has 0 spiro atoms. The molecule has 0 aromatic carbocycles. The third kappa shape index (κ3) is 2.55. The molecule has 0 radical (unpaired) electrons. The van der Waals surface area contributed by atoms with Crippen LogP contribution in [0.4, 0.5) is 5.82 Å². The molecule has 4 atom stereocenters. The average Bonchev–Trinajstić information content (AvgIpc) is 2.71. The van der Waals surface area contributed by atoms with Crippen molar-refractivity contribution in [3.05, 3.63) is 22.2 Å². The van der Waals surface area contributed by atoms with Crippen molar-refractivity contribution < 1.29 is 14.2 Å². The second-order valence-electron chi connectivity index (χ2n) is 4.80. The van der Waals surface area contributed by atoms with E-state index in [9.17, 15) is 4.79 Å². The Balaban J connectivity index is 2.34. The molecule has 0 aliphatic carbocycles. The Morgan fingerprint density at radius 1 is 1.50 bits per heavy atom. The fourth-order valence-corrected chi connectivity index (χ4v) is 2.38. The van der Waals surface area contributed by atoms with Crippen LogP contribution >= 0.6 is 0 Å². The molecule has 1 saturated heterocycles. The number of methoxy groups -OCH3 is 2. The molecule has 2 heterocycles. The van der Waals surface area contributed by atoms with E-state index in [4.69, 9.17) is 25.7 Å². The summed E-state index contributed by atoms with van der Waals surface area (Å²) in [5, 5.41) is 0. The summed E-state index contributed by atoms with van der Waals surface area (Å²) in [6, 6.07) is -0.498. The number of nitrogens with zero attached hydrogens (tertiary/aromatic N) is 2. The van der Waals surface area contributed by atoms with Crippen LogP contribution in [0.15, 0.2) is 11.0 Å². The Labute approximate surface area is 116 Å². The molecule has 20 heavy (non-hydrogen) atoms. The minimum Gasteiger partial charge on any atom is -0.383 e. The number of nitrogens with two attached hydrogens (primary N) is 2. The lowest BCUT2D eigenvalue weighted by molar-refractivity contribution is -0.0619. The Hall–Kier alpha value is -1.48. The van der Waals surface area contributed by atoms with E-state index in [1.54, 1.807) is 27.3 Å². The normalized spacial score (nSPS) is 29.8. The van der Waals surface area contributed by atoms with Gasteiger partial charge in [-0.3, -0.25) is 4.57 Å². The minimum atomic E-state index is -0.653. The molecule has 112 valence electrons. The van der Waals surface area contributed by atoms with Gasteiger partial charge in [-0.15, -0.1) is 0 Å². The van der Waals surface area contributed by atoms with Crippen molar-refractivity contribution in [1.82, 2.24) is 9.55 Å². The SMILES string of the molecule is COCC1OC(n2cc(C)c(N)nc2=O)C(N)C1OC. The number of rotatable bonds is 4. The Morgan fingerprint density at radius 3 is 2.80 bits per heavy atom. The molecule has 4 unspecified atom stereocenters. The third-order valence-corrected chi connectivity index (χ3v) is 3.44. The van der Waals surface area contributed by atoms with Gasteiger partial charge in [0.2, 0.25) is 0 Å².